The molecule has 1 aliphatic carbocycles. The normalized spacial score (nSPS) is 13.2. The van der Waals surface area contributed by atoms with Gasteiger partial charge in [-0.1, -0.05) is 12.1 Å². The molecule has 0 bridgehead atoms. The summed E-state index contributed by atoms with van der Waals surface area (Å²) in [6.45, 7) is 1.82. The predicted octanol–water partition coefficient (Wildman–Crippen LogP) is 4.08. The van der Waals surface area contributed by atoms with Crippen LogP contribution in [0.25, 0.3) is 11.0 Å². The van der Waals surface area contributed by atoms with Crippen molar-refractivity contribution in [2.45, 2.75) is 32.6 Å². The summed E-state index contributed by atoms with van der Waals surface area (Å²) in [5, 5.41) is 3.63. The first-order valence-corrected chi connectivity index (χ1v) is 9.89. The molecular weight excluding hydrogens is 378 g/mol. The number of rotatable bonds is 3. The molecule has 0 saturated heterocycles. The predicted molar refractivity (Wildman–Crippen MR) is 107 cm³/mol. The first-order chi connectivity index (χ1) is 13.5. The van der Waals surface area contributed by atoms with Crippen LogP contribution in [0.15, 0.2) is 33.5 Å². The Morgan fingerprint density at radius 3 is 2.79 bits per heavy atom. The van der Waals surface area contributed by atoms with Gasteiger partial charge in [-0.25, -0.2) is 4.79 Å². The van der Waals surface area contributed by atoms with Gasteiger partial charge in [-0.15, -0.1) is 11.3 Å². The van der Waals surface area contributed by atoms with Gasteiger partial charge in [0.15, 0.2) is 11.2 Å². The lowest BCUT2D eigenvalue weighted by Gasteiger charge is -2.11. The van der Waals surface area contributed by atoms with Gasteiger partial charge in [-0.2, -0.15) is 0 Å². The van der Waals surface area contributed by atoms with Gasteiger partial charge < -0.3 is 14.5 Å². The molecule has 2 heterocycles. The maximum Gasteiger partial charge on any atom is 0.341 e. The number of nitrogens with one attached hydrogen (secondary N) is 1. The second-order valence-electron chi connectivity index (χ2n) is 6.79. The number of fused-ring (bicyclic) bond motifs is 2. The summed E-state index contributed by atoms with van der Waals surface area (Å²) in [5.41, 5.74) is 2.24. The maximum atomic E-state index is 12.8. The van der Waals surface area contributed by atoms with Crippen molar-refractivity contribution in [2.24, 2.45) is 0 Å². The van der Waals surface area contributed by atoms with E-state index in [-0.39, 0.29) is 11.2 Å². The van der Waals surface area contributed by atoms with Gasteiger partial charge >= 0.3 is 5.97 Å². The molecule has 0 fully saturated rings. The lowest BCUT2D eigenvalue weighted by Crippen LogP contribution is -2.17. The molecule has 28 heavy (non-hydrogen) atoms. The number of esters is 1. The van der Waals surface area contributed by atoms with Crippen LogP contribution in [0, 0.1) is 6.92 Å². The molecule has 144 valence electrons. The van der Waals surface area contributed by atoms with Crippen molar-refractivity contribution in [3.63, 3.8) is 0 Å². The van der Waals surface area contributed by atoms with E-state index in [0.717, 1.165) is 41.7 Å². The van der Waals surface area contributed by atoms with Gasteiger partial charge in [0.25, 0.3) is 5.91 Å². The Morgan fingerprint density at radius 2 is 2.00 bits per heavy atom. The lowest BCUT2D eigenvalue weighted by atomic mass is 9.95. The smallest absolute Gasteiger partial charge is 0.341 e. The van der Waals surface area contributed by atoms with Crippen molar-refractivity contribution < 1.29 is 18.7 Å². The molecule has 3 aromatic rings. The van der Waals surface area contributed by atoms with Crippen LogP contribution in [0.2, 0.25) is 0 Å². The molecule has 1 amide bonds. The van der Waals surface area contributed by atoms with Gasteiger partial charge in [-0.05, 0) is 49.8 Å². The molecule has 6 nitrogen and oxygen atoms in total. The lowest BCUT2D eigenvalue weighted by molar-refractivity contribution is 0.0601. The summed E-state index contributed by atoms with van der Waals surface area (Å²) in [7, 11) is 1.33. The number of hydrogen-bond donors (Lipinski definition) is 1. The van der Waals surface area contributed by atoms with Crippen molar-refractivity contribution in [1.29, 1.82) is 0 Å². The van der Waals surface area contributed by atoms with Crippen LogP contribution in [0.1, 0.15) is 49.8 Å². The molecule has 4 rings (SSSR count). The van der Waals surface area contributed by atoms with Crippen LogP contribution in [0.5, 0.6) is 0 Å². The van der Waals surface area contributed by atoms with Gasteiger partial charge in [0.1, 0.15) is 10.6 Å². The maximum absolute atomic E-state index is 12.8. The molecule has 1 aliphatic rings. The molecule has 1 aromatic carbocycles. The highest BCUT2D eigenvalue weighted by Crippen LogP contribution is 2.38. The zero-order valence-corrected chi connectivity index (χ0v) is 16.4. The number of hydrogen-bond acceptors (Lipinski definition) is 6. The summed E-state index contributed by atoms with van der Waals surface area (Å²) in [5.74, 6) is -1.12. The number of methoxy groups -OCH3 is 1. The summed E-state index contributed by atoms with van der Waals surface area (Å²) in [6, 6.07) is 6.43. The molecule has 0 aliphatic heterocycles. The Hall–Kier alpha value is -2.93. The fourth-order valence-corrected chi connectivity index (χ4v) is 4.84. The second kappa shape index (κ2) is 7.24. The van der Waals surface area contributed by atoms with Gasteiger partial charge in [-0.3, -0.25) is 9.59 Å². The van der Waals surface area contributed by atoms with Gasteiger partial charge in [0, 0.05) is 10.9 Å². The number of anilines is 1. The summed E-state index contributed by atoms with van der Waals surface area (Å²) >= 11 is 1.39. The van der Waals surface area contributed by atoms with Crippen molar-refractivity contribution in [3.8, 4) is 0 Å². The van der Waals surface area contributed by atoms with Gasteiger partial charge in [0.05, 0.1) is 18.1 Å². The fourth-order valence-electron chi connectivity index (χ4n) is 3.57. The van der Waals surface area contributed by atoms with Crippen molar-refractivity contribution in [3.05, 3.63) is 61.8 Å². The first kappa shape index (κ1) is 18.4. The number of carbonyl (C=O) groups excluding carboxylic acids is 2. The molecule has 0 atom stereocenters. The van der Waals surface area contributed by atoms with E-state index in [1.807, 2.05) is 13.0 Å². The average molecular weight is 397 g/mol. The molecule has 2 aromatic heterocycles. The standard InChI is InChI=1S/C21H19NO5S/c1-11-6-5-8-12-14(23)10-15(27-18(11)12)19(24)22-20-17(21(25)26-2)13-7-3-4-9-16(13)28-20/h5-6,8,10H,3-4,7,9H2,1-2H3,(H,22,24). The number of ether oxygens (including phenoxy) is 1. The van der Waals surface area contributed by atoms with E-state index in [0.29, 0.717) is 21.5 Å². The molecule has 0 spiro atoms. The third-order valence-corrected chi connectivity index (χ3v) is 6.17. The minimum Gasteiger partial charge on any atom is -0.465 e. The molecule has 0 saturated carbocycles. The number of amides is 1. The molecule has 7 heteroatoms. The van der Waals surface area contributed by atoms with Crippen LogP contribution in [0.3, 0.4) is 0 Å². The van der Waals surface area contributed by atoms with Gasteiger partial charge in [0.2, 0.25) is 0 Å². The van der Waals surface area contributed by atoms with E-state index < -0.39 is 11.9 Å². The first-order valence-electron chi connectivity index (χ1n) is 9.07. The highest BCUT2D eigenvalue weighted by Gasteiger charge is 2.27. The third-order valence-electron chi connectivity index (χ3n) is 4.96. The largest absolute Gasteiger partial charge is 0.465 e. The highest BCUT2D eigenvalue weighted by molar-refractivity contribution is 7.17. The van der Waals surface area contributed by atoms with Crippen LogP contribution < -0.4 is 10.7 Å². The summed E-state index contributed by atoms with van der Waals surface area (Å²) in [6.07, 6.45) is 3.72. The van der Waals surface area contributed by atoms with E-state index in [9.17, 15) is 14.4 Å². The quantitative estimate of drug-likeness (QED) is 0.673. The van der Waals surface area contributed by atoms with E-state index >= 15 is 0 Å². The van der Waals surface area contributed by atoms with Crippen molar-refractivity contribution >= 4 is 39.2 Å². The second-order valence-corrected chi connectivity index (χ2v) is 7.89. The summed E-state index contributed by atoms with van der Waals surface area (Å²) < 4.78 is 10.6. The van der Waals surface area contributed by atoms with Crippen LogP contribution in [-0.2, 0) is 17.6 Å². The van der Waals surface area contributed by atoms with Crippen LogP contribution >= 0.6 is 11.3 Å². The zero-order valence-electron chi connectivity index (χ0n) is 15.6. The Kier molecular flexibility index (Phi) is 4.77. The Labute approximate surface area is 165 Å². The highest BCUT2D eigenvalue weighted by atomic mass is 32.1. The molecule has 1 N–H and O–H groups in total. The number of para-hydroxylation sites is 1. The van der Waals surface area contributed by atoms with Crippen molar-refractivity contribution in [2.75, 3.05) is 12.4 Å². The van der Waals surface area contributed by atoms with E-state index in [4.69, 9.17) is 9.15 Å². The molecular formula is C21H19NO5S. The summed E-state index contributed by atoms with van der Waals surface area (Å²) in [4.78, 5) is 38.6. The number of carbonyl (C=O) groups is 2. The molecule has 0 radical (unpaired) electrons. The Bertz CT molecular complexity index is 1160. The number of benzene rings is 1. The fraction of sp³-hybridized carbons (Fsp3) is 0.286. The number of thiophene rings is 1. The third kappa shape index (κ3) is 3.11. The average Bonchev–Trinajstić information content (AvgIpc) is 3.05. The topological polar surface area (TPSA) is 85.6 Å². The minimum absolute atomic E-state index is 0.0889. The minimum atomic E-state index is -0.564. The Balaban J connectivity index is 1.74. The van der Waals surface area contributed by atoms with Crippen LogP contribution in [-0.4, -0.2) is 19.0 Å². The SMILES string of the molecule is COC(=O)c1c(NC(=O)c2cc(=O)c3cccc(C)c3o2)sc2c1CCCC2. The van der Waals surface area contributed by atoms with E-state index in [2.05, 4.69) is 5.32 Å². The Morgan fingerprint density at radius 1 is 1.21 bits per heavy atom. The van der Waals surface area contributed by atoms with E-state index in [1.54, 1.807) is 12.1 Å². The van der Waals surface area contributed by atoms with E-state index in [1.165, 1.54) is 24.5 Å². The van der Waals surface area contributed by atoms with Crippen molar-refractivity contribution in [1.82, 2.24) is 0 Å². The zero-order chi connectivity index (χ0) is 19.8. The number of aryl methyl sites for hydroxylation is 2. The van der Waals surface area contributed by atoms with Crippen LogP contribution in [0.4, 0.5) is 5.00 Å². The molecule has 0 unspecified atom stereocenters. The monoisotopic (exact) mass is 397 g/mol.